The Labute approximate surface area is 103 Å². The third kappa shape index (κ3) is 2.95. The molecule has 0 atom stereocenters. The maximum Gasteiger partial charge on any atom is 0.339 e. The average Bonchev–Trinajstić information content (AvgIpc) is 2.27. The van der Waals surface area contributed by atoms with E-state index in [9.17, 15) is 21.5 Å². The summed E-state index contributed by atoms with van der Waals surface area (Å²) in [7, 11) is -4.12. The van der Waals surface area contributed by atoms with Gasteiger partial charge in [0.2, 0.25) is 0 Å². The van der Waals surface area contributed by atoms with Gasteiger partial charge in [-0.3, -0.25) is 0 Å². The molecule has 0 saturated carbocycles. The molecular formula is C10H10F2O5S. The zero-order valence-electron chi connectivity index (χ0n) is 9.57. The summed E-state index contributed by atoms with van der Waals surface area (Å²) in [5, 5.41) is 0. The summed E-state index contributed by atoms with van der Waals surface area (Å²) < 4.78 is 57.1. The van der Waals surface area contributed by atoms with Gasteiger partial charge in [-0.1, -0.05) is 0 Å². The van der Waals surface area contributed by atoms with Gasteiger partial charge < -0.3 is 9.47 Å². The summed E-state index contributed by atoms with van der Waals surface area (Å²) in [5.74, 6) is -2.56. The first-order valence-corrected chi connectivity index (χ1v) is 6.19. The van der Waals surface area contributed by atoms with Crippen LogP contribution in [-0.2, 0) is 15.0 Å². The smallest absolute Gasteiger partial charge is 0.339 e. The quantitative estimate of drug-likeness (QED) is 0.620. The predicted molar refractivity (Wildman–Crippen MR) is 57.2 cm³/mol. The number of ether oxygens (including phenoxy) is 2. The van der Waals surface area contributed by atoms with Gasteiger partial charge in [0.15, 0.2) is 11.6 Å². The maximum absolute atomic E-state index is 13.3. The second-order valence-corrected chi connectivity index (χ2v) is 4.46. The van der Waals surface area contributed by atoms with Crippen LogP contribution in [0.3, 0.4) is 0 Å². The van der Waals surface area contributed by atoms with Crippen molar-refractivity contribution in [1.29, 1.82) is 0 Å². The van der Waals surface area contributed by atoms with Crippen molar-refractivity contribution in [3.05, 3.63) is 23.5 Å². The Bertz CT molecular complexity index is 568. The van der Waals surface area contributed by atoms with Gasteiger partial charge in [-0.15, -0.1) is 3.89 Å². The zero-order valence-corrected chi connectivity index (χ0v) is 10.4. The summed E-state index contributed by atoms with van der Waals surface area (Å²) >= 11 is 0. The number of benzene rings is 1. The van der Waals surface area contributed by atoms with Crippen LogP contribution in [0.2, 0.25) is 0 Å². The fourth-order valence-corrected chi connectivity index (χ4v) is 1.91. The van der Waals surface area contributed by atoms with Gasteiger partial charge in [0.25, 0.3) is 0 Å². The van der Waals surface area contributed by atoms with Crippen molar-refractivity contribution < 1.29 is 31.0 Å². The van der Waals surface area contributed by atoms with Crippen LogP contribution in [-0.4, -0.2) is 28.1 Å². The lowest BCUT2D eigenvalue weighted by Crippen LogP contribution is -2.11. The molecule has 0 fully saturated rings. The van der Waals surface area contributed by atoms with Crippen LogP contribution in [0.4, 0.5) is 8.28 Å². The Balaban J connectivity index is 3.50. The fourth-order valence-electron chi connectivity index (χ4n) is 1.26. The van der Waals surface area contributed by atoms with E-state index in [4.69, 9.17) is 0 Å². The number of hydrogen-bond acceptors (Lipinski definition) is 5. The molecule has 8 heteroatoms. The van der Waals surface area contributed by atoms with Crippen LogP contribution in [0.5, 0.6) is 5.75 Å². The topological polar surface area (TPSA) is 69.7 Å². The lowest BCUT2D eigenvalue weighted by atomic mass is 10.2. The first-order chi connectivity index (χ1) is 8.31. The van der Waals surface area contributed by atoms with E-state index in [1.54, 1.807) is 0 Å². The highest BCUT2D eigenvalue weighted by Gasteiger charge is 2.26. The molecule has 0 spiro atoms. The highest BCUT2D eigenvalue weighted by atomic mass is 32.3. The average molecular weight is 280 g/mol. The van der Waals surface area contributed by atoms with Crippen LogP contribution in [0, 0.1) is 5.82 Å². The molecular weight excluding hydrogens is 270 g/mol. The molecule has 1 aromatic rings. The second-order valence-electron chi connectivity index (χ2n) is 3.14. The van der Waals surface area contributed by atoms with Crippen LogP contribution < -0.4 is 4.74 Å². The van der Waals surface area contributed by atoms with E-state index in [2.05, 4.69) is 9.47 Å². The van der Waals surface area contributed by atoms with Gasteiger partial charge in [0, 0.05) is 0 Å². The number of methoxy groups -OCH3 is 1. The summed E-state index contributed by atoms with van der Waals surface area (Å²) in [6, 6.07) is 1.15. The summed E-state index contributed by atoms with van der Waals surface area (Å²) in [6.45, 7) is 1.45. The number of halogens is 2. The first kappa shape index (κ1) is 14.4. The minimum atomic E-state index is -5.24. The van der Waals surface area contributed by atoms with E-state index in [0.29, 0.717) is 6.07 Å². The highest BCUT2D eigenvalue weighted by Crippen LogP contribution is 2.27. The molecule has 0 amide bonds. The van der Waals surface area contributed by atoms with E-state index in [-0.39, 0.29) is 12.4 Å². The number of esters is 1. The third-order valence-corrected chi connectivity index (χ3v) is 2.88. The molecule has 0 N–H and O–H groups in total. The third-order valence-electron chi connectivity index (χ3n) is 2.01. The van der Waals surface area contributed by atoms with E-state index < -0.39 is 32.5 Å². The Morgan fingerprint density at radius 3 is 2.44 bits per heavy atom. The van der Waals surface area contributed by atoms with Crippen LogP contribution in [0.1, 0.15) is 17.3 Å². The van der Waals surface area contributed by atoms with Gasteiger partial charge >= 0.3 is 16.2 Å². The molecule has 1 aromatic carbocycles. The lowest BCUT2D eigenvalue weighted by molar-refractivity contribution is 0.0521. The van der Waals surface area contributed by atoms with E-state index in [1.165, 1.54) is 6.92 Å². The zero-order chi connectivity index (χ0) is 13.9. The molecule has 0 aliphatic rings. The molecule has 0 radical (unpaired) electrons. The second kappa shape index (κ2) is 5.30. The number of hydrogen-bond donors (Lipinski definition) is 0. The number of carbonyl (C=O) groups excluding carboxylic acids is 1. The maximum atomic E-state index is 13.3. The summed E-state index contributed by atoms with van der Waals surface area (Å²) in [6.07, 6.45) is 0. The molecule has 1 rings (SSSR count). The molecule has 0 aliphatic heterocycles. The molecule has 0 bridgehead atoms. The molecule has 0 aliphatic carbocycles. The number of carbonyl (C=O) groups is 1. The summed E-state index contributed by atoms with van der Waals surface area (Å²) in [4.78, 5) is 10.4. The lowest BCUT2D eigenvalue weighted by Gasteiger charge is -2.09. The van der Waals surface area contributed by atoms with Crippen molar-refractivity contribution in [2.24, 2.45) is 0 Å². The van der Waals surface area contributed by atoms with Gasteiger partial charge in [0.1, 0.15) is 4.90 Å². The standard InChI is InChI=1S/C10H10F2O5S/c1-3-17-10(13)6-4-8(16-2)7(11)5-9(6)18(12,14)15/h4-5H,3H2,1-2H3. The van der Waals surface area contributed by atoms with Crippen molar-refractivity contribution in [2.75, 3.05) is 13.7 Å². The van der Waals surface area contributed by atoms with Crippen molar-refractivity contribution in [2.45, 2.75) is 11.8 Å². The van der Waals surface area contributed by atoms with E-state index >= 15 is 0 Å². The van der Waals surface area contributed by atoms with Crippen molar-refractivity contribution >= 4 is 16.2 Å². The largest absolute Gasteiger partial charge is 0.494 e. The van der Waals surface area contributed by atoms with Crippen molar-refractivity contribution in [3.8, 4) is 5.75 Å². The van der Waals surface area contributed by atoms with Crippen molar-refractivity contribution in [1.82, 2.24) is 0 Å². The van der Waals surface area contributed by atoms with Gasteiger partial charge in [0.05, 0.1) is 19.3 Å². The Kier molecular flexibility index (Phi) is 4.23. The molecule has 5 nitrogen and oxygen atoms in total. The van der Waals surface area contributed by atoms with Crippen molar-refractivity contribution in [3.63, 3.8) is 0 Å². The van der Waals surface area contributed by atoms with Gasteiger partial charge in [-0.25, -0.2) is 9.18 Å². The Morgan fingerprint density at radius 1 is 1.39 bits per heavy atom. The van der Waals surface area contributed by atoms with Crippen LogP contribution >= 0.6 is 0 Å². The van der Waals surface area contributed by atoms with E-state index in [1.807, 2.05) is 0 Å². The summed E-state index contributed by atoms with van der Waals surface area (Å²) in [5.41, 5.74) is -0.613. The predicted octanol–water partition coefficient (Wildman–Crippen LogP) is 1.67. The van der Waals surface area contributed by atoms with E-state index in [0.717, 1.165) is 13.2 Å². The molecule has 100 valence electrons. The minimum Gasteiger partial charge on any atom is -0.494 e. The monoisotopic (exact) mass is 280 g/mol. The Hall–Kier alpha value is -1.70. The van der Waals surface area contributed by atoms with Crippen LogP contribution in [0.25, 0.3) is 0 Å². The fraction of sp³-hybridized carbons (Fsp3) is 0.300. The molecule has 0 aromatic heterocycles. The number of rotatable bonds is 4. The van der Waals surface area contributed by atoms with Gasteiger partial charge in [-0.05, 0) is 19.1 Å². The Morgan fingerprint density at radius 2 is 2.00 bits per heavy atom. The SMILES string of the molecule is CCOC(=O)c1cc(OC)c(F)cc1S(=O)(=O)F. The highest BCUT2D eigenvalue weighted by molar-refractivity contribution is 7.86. The molecule has 0 saturated heterocycles. The molecule has 18 heavy (non-hydrogen) atoms. The first-order valence-electron chi connectivity index (χ1n) is 4.80. The normalized spacial score (nSPS) is 11.1. The molecule has 0 unspecified atom stereocenters. The minimum absolute atomic E-state index is 0.0374. The molecule has 0 heterocycles. The van der Waals surface area contributed by atoms with Crippen LogP contribution in [0.15, 0.2) is 17.0 Å². The van der Waals surface area contributed by atoms with Gasteiger partial charge in [-0.2, -0.15) is 8.42 Å².